The van der Waals surface area contributed by atoms with Crippen molar-refractivity contribution in [3.8, 4) is 0 Å². The lowest BCUT2D eigenvalue weighted by Gasteiger charge is -2.38. The monoisotopic (exact) mass is 208 g/mol. The Morgan fingerprint density at radius 2 is 2.29 bits per heavy atom. The molecule has 2 saturated carbocycles. The van der Waals surface area contributed by atoms with Crippen molar-refractivity contribution in [2.45, 2.75) is 24.5 Å². The van der Waals surface area contributed by atoms with E-state index in [2.05, 4.69) is 25.3 Å². The quantitative estimate of drug-likeness (QED) is 0.616. The van der Waals surface area contributed by atoms with Gasteiger partial charge in [0.25, 0.3) is 0 Å². The Labute approximate surface area is 89.3 Å². The van der Waals surface area contributed by atoms with E-state index in [1.807, 2.05) is 11.8 Å². The summed E-state index contributed by atoms with van der Waals surface area (Å²) >= 11 is 1.95. The van der Waals surface area contributed by atoms with Gasteiger partial charge in [-0.3, -0.25) is 4.79 Å². The Morgan fingerprint density at radius 1 is 1.50 bits per heavy atom. The molecule has 0 N–H and O–H groups in total. The van der Waals surface area contributed by atoms with Crippen LogP contribution in [0, 0.1) is 23.7 Å². The Morgan fingerprint density at radius 3 is 2.93 bits per heavy atom. The number of hydrogen-bond donors (Lipinski definition) is 0. The summed E-state index contributed by atoms with van der Waals surface area (Å²) in [6.45, 7) is 2.27. The minimum Gasteiger partial charge on any atom is -0.299 e. The molecule has 5 atom stereocenters. The predicted molar refractivity (Wildman–Crippen MR) is 59.3 cm³/mol. The van der Waals surface area contributed by atoms with Gasteiger partial charge >= 0.3 is 0 Å². The van der Waals surface area contributed by atoms with Crippen molar-refractivity contribution in [2.24, 2.45) is 23.7 Å². The Balaban J connectivity index is 2.12. The number of ketones is 1. The van der Waals surface area contributed by atoms with Crippen LogP contribution in [0.2, 0.25) is 0 Å². The maximum Gasteiger partial charge on any atom is 0.138 e. The minimum atomic E-state index is 0.274. The second-order valence-electron chi connectivity index (χ2n) is 5.00. The SMILES string of the molecule is CS[C@@]12[C@H](C)CC(=O)[C@@H]1[C@@H]1C=C[C@H]2C1. The van der Waals surface area contributed by atoms with Gasteiger partial charge in [-0.2, -0.15) is 11.8 Å². The fraction of sp³-hybridized carbons (Fsp3) is 0.750. The van der Waals surface area contributed by atoms with E-state index in [1.165, 1.54) is 6.42 Å². The number of thioether (sulfide) groups is 1. The molecule has 0 aromatic heterocycles. The summed E-state index contributed by atoms with van der Waals surface area (Å²) in [6, 6.07) is 0. The van der Waals surface area contributed by atoms with E-state index < -0.39 is 0 Å². The van der Waals surface area contributed by atoms with Gasteiger partial charge in [0.2, 0.25) is 0 Å². The number of fused-ring (bicyclic) bond motifs is 5. The van der Waals surface area contributed by atoms with E-state index in [4.69, 9.17) is 0 Å². The highest BCUT2D eigenvalue weighted by Crippen LogP contribution is 2.64. The van der Waals surface area contributed by atoms with Gasteiger partial charge in [0.15, 0.2) is 0 Å². The average Bonchev–Trinajstić information content (AvgIpc) is 2.78. The molecule has 0 radical (unpaired) electrons. The van der Waals surface area contributed by atoms with Crippen molar-refractivity contribution in [1.82, 2.24) is 0 Å². The summed E-state index contributed by atoms with van der Waals surface area (Å²) in [6.07, 6.45) is 8.91. The molecule has 76 valence electrons. The minimum absolute atomic E-state index is 0.274. The number of carbonyl (C=O) groups is 1. The molecule has 0 amide bonds. The van der Waals surface area contributed by atoms with Gasteiger partial charge in [0.1, 0.15) is 5.78 Å². The molecule has 3 aliphatic rings. The Bertz CT molecular complexity index is 322. The van der Waals surface area contributed by atoms with Crippen LogP contribution in [-0.2, 0) is 4.79 Å². The largest absolute Gasteiger partial charge is 0.299 e. The lowest BCUT2D eigenvalue weighted by Crippen LogP contribution is -2.40. The molecule has 2 heteroatoms. The summed E-state index contributed by atoms with van der Waals surface area (Å²) in [5, 5.41) is 0. The van der Waals surface area contributed by atoms with Gasteiger partial charge in [-0.25, -0.2) is 0 Å². The normalized spacial score (nSPS) is 54.3. The second kappa shape index (κ2) is 2.66. The van der Waals surface area contributed by atoms with E-state index in [0.717, 1.165) is 6.42 Å². The summed E-state index contributed by atoms with van der Waals surface area (Å²) < 4.78 is 0.274. The number of allylic oxidation sites excluding steroid dienone is 2. The molecule has 0 unspecified atom stereocenters. The topological polar surface area (TPSA) is 17.1 Å². The molecule has 0 heterocycles. The van der Waals surface area contributed by atoms with Crippen LogP contribution in [0.4, 0.5) is 0 Å². The van der Waals surface area contributed by atoms with E-state index in [0.29, 0.717) is 29.5 Å². The lowest BCUT2D eigenvalue weighted by molar-refractivity contribution is -0.121. The first kappa shape index (κ1) is 9.02. The van der Waals surface area contributed by atoms with Gasteiger partial charge in [0.05, 0.1) is 0 Å². The first-order valence-electron chi connectivity index (χ1n) is 5.46. The maximum atomic E-state index is 12.0. The molecule has 0 saturated heterocycles. The zero-order chi connectivity index (χ0) is 9.92. The van der Waals surface area contributed by atoms with Crippen LogP contribution < -0.4 is 0 Å². The molecule has 0 aromatic rings. The van der Waals surface area contributed by atoms with Gasteiger partial charge < -0.3 is 0 Å². The molecule has 14 heavy (non-hydrogen) atoms. The van der Waals surface area contributed by atoms with Crippen LogP contribution in [0.3, 0.4) is 0 Å². The highest BCUT2D eigenvalue weighted by atomic mass is 32.2. The van der Waals surface area contributed by atoms with Gasteiger partial charge in [0, 0.05) is 17.1 Å². The third kappa shape index (κ3) is 0.781. The molecule has 3 rings (SSSR count). The Hall–Kier alpha value is -0.240. The van der Waals surface area contributed by atoms with Crippen LogP contribution in [0.15, 0.2) is 12.2 Å². The molecule has 0 spiro atoms. The third-order valence-corrected chi connectivity index (χ3v) is 6.25. The second-order valence-corrected chi connectivity index (χ2v) is 6.11. The summed E-state index contributed by atoms with van der Waals surface area (Å²) in [4.78, 5) is 12.0. The molecule has 0 aliphatic heterocycles. The van der Waals surface area contributed by atoms with Gasteiger partial charge in [-0.1, -0.05) is 19.1 Å². The zero-order valence-corrected chi connectivity index (χ0v) is 9.51. The standard InChI is InChI=1S/C12H16OS/c1-7-5-10(13)11-8-3-4-9(6-8)12(7,11)14-2/h3-4,7-9,11H,5-6H2,1-2H3/t7-,8-,9+,11+,12-/m1/s1. The number of Topliss-reactive ketones (excluding diaryl/α,β-unsaturated/α-hetero) is 1. The number of hydrogen-bond acceptors (Lipinski definition) is 2. The van der Waals surface area contributed by atoms with Crippen molar-refractivity contribution >= 4 is 17.5 Å². The van der Waals surface area contributed by atoms with E-state index in [-0.39, 0.29) is 4.75 Å². The van der Waals surface area contributed by atoms with E-state index in [9.17, 15) is 4.79 Å². The van der Waals surface area contributed by atoms with Crippen molar-refractivity contribution in [3.05, 3.63) is 12.2 Å². The summed E-state index contributed by atoms with van der Waals surface area (Å²) in [5.74, 6) is 2.71. The van der Waals surface area contributed by atoms with Crippen LogP contribution in [-0.4, -0.2) is 16.8 Å². The molecular formula is C12H16OS. The maximum absolute atomic E-state index is 12.0. The average molecular weight is 208 g/mol. The zero-order valence-electron chi connectivity index (χ0n) is 8.69. The summed E-state index contributed by atoms with van der Waals surface area (Å²) in [5.41, 5.74) is 0. The first-order valence-corrected chi connectivity index (χ1v) is 6.68. The van der Waals surface area contributed by atoms with Gasteiger partial charge in [-0.05, 0) is 30.4 Å². The van der Waals surface area contributed by atoms with Gasteiger partial charge in [-0.15, -0.1) is 0 Å². The fourth-order valence-electron chi connectivity index (χ4n) is 4.10. The first-order chi connectivity index (χ1) is 6.70. The molecule has 0 aromatic carbocycles. The number of carbonyl (C=O) groups excluding carboxylic acids is 1. The lowest BCUT2D eigenvalue weighted by atomic mass is 9.80. The third-order valence-electron chi connectivity index (χ3n) is 4.59. The van der Waals surface area contributed by atoms with Crippen LogP contribution in [0.5, 0.6) is 0 Å². The van der Waals surface area contributed by atoms with E-state index in [1.54, 1.807) is 0 Å². The molecule has 2 bridgehead atoms. The van der Waals surface area contributed by atoms with Crippen molar-refractivity contribution in [3.63, 3.8) is 0 Å². The highest BCUT2D eigenvalue weighted by Gasteiger charge is 2.64. The molecular weight excluding hydrogens is 192 g/mol. The number of rotatable bonds is 1. The van der Waals surface area contributed by atoms with Crippen LogP contribution in [0.25, 0.3) is 0 Å². The summed E-state index contributed by atoms with van der Waals surface area (Å²) in [7, 11) is 0. The van der Waals surface area contributed by atoms with E-state index >= 15 is 0 Å². The molecule has 2 fully saturated rings. The molecule has 3 aliphatic carbocycles. The van der Waals surface area contributed by atoms with Crippen molar-refractivity contribution < 1.29 is 4.79 Å². The Kier molecular flexibility index (Phi) is 1.71. The van der Waals surface area contributed by atoms with Crippen molar-refractivity contribution in [1.29, 1.82) is 0 Å². The smallest absolute Gasteiger partial charge is 0.138 e. The van der Waals surface area contributed by atoms with Crippen molar-refractivity contribution in [2.75, 3.05) is 6.26 Å². The molecule has 1 nitrogen and oxygen atoms in total. The van der Waals surface area contributed by atoms with Crippen LogP contribution in [0.1, 0.15) is 19.8 Å². The fourth-order valence-corrected chi connectivity index (χ4v) is 5.63. The highest BCUT2D eigenvalue weighted by molar-refractivity contribution is 8.00. The van der Waals surface area contributed by atoms with Crippen LogP contribution >= 0.6 is 11.8 Å². The predicted octanol–water partition coefficient (Wildman–Crippen LogP) is 2.52.